The van der Waals surface area contributed by atoms with E-state index in [9.17, 15) is 9.90 Å². The molecule has 0 aromatic rings. The summed E-state index contributed by atoms with van der Waals surface area (Å²) >= 11 is 0. The van der Waals surface area contributed by atoms with E-state index in [1.165, 1.54) is 0 Å². The number of carbonyl (C=O) groups is 1. The molecule has 0 radical (unpaired) electrons. The van der Waals surface area contributed by atoms with E-state index in [0.717, 1.165) is 19.3 Å². The van der Waals surface area contributed by atoms with Crippen molar-refractivity contribution in [2.45, 2.75) is 38.7 Å². The van der Waals surface area contributed by atoms with Crippen LogP contribution in [0.1, 0.15) is 33.1 Å². The maximum Gasteiger partial charge on any atom is 0.317 e. The molecule has 4 heteroatoms. The van der Waals surface area contributed by atoms with Crippen LogP contribution >= 0.6 is 0 Å². The molecule has 0 spiro atoms. The minimum Gasteiger partial charge on any atom is -0.388 e. The molecule has 0 unspecified atom stereocenters. The highest BCUT2D eigenvalue weighted by molar-refractivity contribution is 5.74. The second kappa shape index (κ2) is 4.64. The lowest BCUT2D eigenvalue weighted by Gasteiger charge is -2.37. The molecule has 0 aliphatic heterocycles. The topological polar surface area (TPSA) is 52.6 Å². The van der Waals surface area contributed by atoms with E-state index in [4.69, 9.17) is 0 Å². The van der Waals surface area contributed by atoms with Gasteiger partial charge in [-0.3, -0.25) is 0 Å². The van der Waals surface area contributed by atoms with Gasteiger partial charge in [0.15, 0.2) is 0 Å². The second-order valence-electron chi connectivity index (χ2n) is 3.91. The fourth-order valence-corrected chi connectivity index (χ4v) is 1.62. The zero-order valence-corrected chi connectivity index (χ0v) is 9.05. The number of amides is 2. The molecular formula is C10H20N2O2. The Morgan fingerprint density at radius 3 is 2.36 bits per heavy atom. The van der Waals surface area contributed by atoms with Gasteiger partial charge in [0, 0.05) is 19.6 Å². The molecule has 0 saturated heterocycles. The second-order valence-corrected chi connectivity index (χ2v) is 3.91. The van der Waals surface area contributed by atoms with Crippen LogP contribution in [0.25, 0.3) is 0 Å². The first-order valence-corrected chi connectivity index (χ1v) is 5.36. The van der Waals surface area contributed by atoms with Crippen molar-refractivity contribution >= 4 is 6.03 Å². The molecule has 82 valence electrons. The maximum atomic E-state index is 11.5. The van der Waals surface area contributed by atoms with Gasteiger partial charge in [-0.2, -0.15) is 0 Å². The molecule has 1 fully saturated rings. The summed E-state index contributed by atoms with van der Waals surface area (Å²) in [6, 6.07) is -0.0738. The predicted molar refractivity (Wildman–Crippen MR) is 55.1 cm³/mol. The van der Waals surface area contributed by atoms with Gasteiger partial charge in [-0.1, -0.05) is 0 Å². The normalized spacial score (nSPS) is 18.5. The Balaban J connectivity index is 2.26. The van der Waals surface area contributed by atoms with E-state index < -0.39 is 5.60 Å². The van der Waals surface area contributed by atoms with Gasteiger partial charge in [-0.05, 0) is 33.1 Å². The number of carbonyl (C=O) groups excluding carboxylic acids is 1. The van der Waals surface area contributed by atoms with E-state index >= 15 is 0 Å². The summed E-state index contributed by atoms with van der Waals surface area (Å²) in [6.45, 7) is 5.70. The van der Waals surface area contributed by atoms with E-state index in [1.807, 2.05) is 13.8 Å². The Kier molecular flexibility index (Phi) is 3.75. The van der Waals surface area contributed by atoms with E-state index in [0.29, 0.717) is 19.6 Å². The third kappa shape index (κ3) is 2.61. The zero-order chi connectivity index (χ0) is 10.6. The lowest BCUT2D eigenvalue weighted by atomic mass is 9.80. The summed E-state index contributed by atoms with van der Waals surface area (Å²) < 4.78 is 0. The highest BCUT2D eigenvalue weighted by Gasteiger charge is 2.34. The van der Waals surface area contributed by atoms with Crippen molar-refractivity contribution in [1.82, 2.24) is 10.2 Å². The molecule has 1 rings (SSSR count). The number of hydrogen-bond acceptors (Lipinski definition) is 2. The van der Waals surface area contributed by atoms with Crippen LogP contribution in [-0.2, 0) is 0 Å². The lowest BCUT2D eigenvalue weighted by Crippen LogP contribution is -2.51. The van der Waals surface area contributed by atoms with Crippen molar-refractivity contribution in [3.8, 4) is 0 Å². The van der Waals surface area contributed by atoms with Gasteiger partial charge in [-0.15, -0.1) is 0 Å². The van der Waals surface area contributed by atoms with Crippen molar-refractivity contribution in [1.29, 1.82) is 0 Å². The number of nitrogens with zero attached hydrogens (tertiary/aromatic N) is 1. The Bertz CT molecular complexity index is 198. The summed E-state index contributed by atoms with van der Waals surface area (Å²) in [6.07, 6.45) is 2.69. The lowest BCUT2D eigenvalue weighted by molar-refractivity contribution is -0.0296. The smallest absolute Gasteiger partial charge is 0.317 e. The number of hydrogen-bond donors (Lipinski definition) is 2. The fourth-order valence-electron chi connectivity index (χ4n) is 1.62. The highest BCUT2D eigenvalue weighted by atomic mass is 16.3. The average Bonchev–Trinajstić information content (AvgIpc) is 2.13. The van der Waals surface area contributed by atoms with Gasteiger partial charge in [-0.25, -0.2) is 4.79 Å². The molecule has 0 aromatic heterocycles. The van der Waals surface area contributed by atoms with Gasteiger partial charge < -0.3 is 15.3 Å². The maximum absolute atomic E-state index is 11.5. The van der Waals surface area contributed by atoms with Crippen molar-refractivity contribution in [2.24, 2.45) is 0 Å². The number of aliphatic hydroxyl groups is 1. The van der Waals surface area contributed by atoms with Crippen molar-refractivity contribution in [3.05, 3.63) is 0 Å². The summed E-state index contributed by atoms with van der Waals surface area (Å²) in [5.74, 6) is 0. The van der Waals surface area contributed by atoms with Gasteiger partial charge >= 0.3 is 6.03 Å². The van der Waals surface area contributed by atoms with E-state index in [1.54, 1.807) is 4.90 Å². The monoisotopic (exact) mass is 200 g/mol. The zero-order valence-electron chi connectivity index (χ0n) is 9.05. The predicted octanol–water partition coefficient (Wildman–Crippen LogP) is 0.953. The molecule has 0 heterocycles. The molecular weight excluding hydrogens is 180 g/mol. The summed E-state index contributed by atoms with van der Waals surface area (Å²) in [7, 11) is 0. The third-order valence-electron chi connectivity index (χ3n) is 2.90. The molecule has 0 atom stereocenters. The van der Waals surface area contributed by atoms with Crippen LogP contribution in [0.15, 0.2) is 0 Å². The number of nitrogens with one attached hydrogen (secondary N) is 1. The average molecular weight is 200 g/mol. The Labute approximate surface area is 85.3 Å². The molecule has 2 amide bonds. The SMILES string of the molecule is CCN(CC)C(=O)NCC1(O)CCC1. The standard InChI is InChI=1S/C10H20N2O2/c1-3-12(4-2)9(13)11-8-10(14)6-5-7-10/h14H,3-8H2,1-2H3,(H,11,13). The molecule has 1 saturated carbocycles. The van der Waals surface area contributed by atoms with Crippen LogP contribution in [0.4, 0.5) is 4.79 Å². The molecule has 1 aliphatic rings. The summed E-state index contributed by atoms with van der Waals surface area (Å²) in [5.41, 5.74) is -0.622. The van der Waals surface area contributed by atoms with Gasteiger partial charge in [0.05, 0.1) is 5.60 Å². The van der Waals surface area contributed by atoms with Crippen LogP contribution < -0.4 is 5.32 Å². The van der Waals surface area contributed by atoms with E-state index in [2.05, 4.69) is 5.32 Å². The molecule has 14 heavy (non-hydrogen) atoms. The van der Waals surface area contributed by atoms with Crippen LogP contribution in [0.5, 0.6) is 0 Å². The third-order valence-corrected chi connectivity index (χ3v) is 2.90. The fraction of sp³-hybridized carbons (Fsp3) is 0.900. The van der Waals surface area contributed by atoms with Gasteiger partial charge in [0.1, 0.15) is 0 Å². The largest absolute Gasteiger partial charge is 0.388 e. The van der Waals surface area contributed by atoms with Gasteiger partial charge in [0.2, 0.25) is 0 Å². The first-order chi connectivity index (χ1) is 6.61. The van der Waals surface area contributed by atoms with E-state index in [-0.39, 0.29) is 6.03 Å². The van der Waals surface area contributed by atoms with Crippen LogP contribution in [-0.4, -0.2) is 41.3 Å². The van der Waals surface area contributed by atoms with Crippen LogP contribution in [0.3, 0.4) is 0 Å². The van der Waals surface area contributed by atoms with Gasteiger partial charge in [0.25, 0.3) is 0 Å². The minimum absolute atomic E-state index is 0.0738. The molecule has 4 nitrogen and oxygen atoms in total. The quantitative estimate of drug-likeness (QED) is 0.710. The molecule has 1 aliphatic carbocycles. The first kappa shape index (κ1) is 11.3. The van der Waals surface area contributed by atoms with Crippen LogP contribution in [0.2, 0.25) is 0 Å². The Morgan fingerprint density at radius 1 is 1.43 bits per heavy atom. The Morgan fingerprint density at radius 2 is 2.00 bits per heavy atom. The Hall–Kier alpha value is -0.770. The van der Waals surface area contributed by atoms with Crippen molar-refractivity contribution < 1.29 is 9.90 Å². The molecule has 2 N–H and O–H groups in total. The number of urea groups is 1. The first-order valence-electron chi connectivity index (χ1n) is 5.36. The van der Waals surface area contributed by atoms with Crippen molar-refractivity contribution in [3.63, 3.8) is 0 Å². The van der Waals surface area contributed by atoms with Crippen molar-refractivity contribution in [2.75, 3.05) is 19.6 Å². The number of rotatable bonds is 4. The molecule has 0 aromatic carbocycles. The summed E-state index contributed by atoms with van der Waals surface area (Å²) in [5, 5.41) is 12.5. The molecule has 0 bridgehead atoms. The highest BCUT2D eigenvalue weighted by Crippen LogP contribution is 2.30. The minimum atomic E-state index is -0.622. The summed E-state index contributed by atoms with van der Waals surface area (Å²) in [4.78, 5) is 13.2. The van der Waals surface area contributed by atoms with Crippen LogP contribution in [0, 0.1) is 0 Å².